The number of halogens is 1. The minimum atomic E-state index is -1.50. The van der Waals surface area contributed by atoms with Crippen molar-refractivity contribution >= 4 is 0 Å². The van der Waals surface area contributed by atoms with E-state index in [0.717, 1.165) is 0 Å². The van der Waals surface area contributed by atoms with Crippen LogP contribution in [0.25, 0.3) is 0 Å². The Kier molecular flexibility index (Phi) is 25.4. The van der Waals surface area contributed by atoms with E-state index in [0.29, 0.717) is 0 Å². The molecular weight excluding hydrogens is 228 g/mol. The Labute approximate surface area is 93.8 Å². The molecule has 0 rings (SSSR count). The summed E-state index contributed by atoms with van der Waals surface area (Å²) in [5.74, 6) is 0. The summed E-state index contributed by atoms with van der Waals surface area (Å²) in [5.41, 5.74) is 0. The van der Waals surface area contributed by atoms with E-state index in [-0.39, 0.29) is 75.4 Å². The molecule has 0 aliphatic carbocycles. The molecule has 0 spiro atoms. The van der Waals surface area contributed by atoms with Gasteiger partial charge in [0.1, 0.15) is 0 Å². The van der Waals surface area contributed by atoms with Crippen LogP contribution in [0.15, 0.2) is 0 Å². The van der Waals surface area contributed by atoms with Crippen LogP contribution in [0.3, 0.4) is 0 Å². The van der Waals surface area contributed by atoms with Gasteiger partial charge in [0.25, 0.3) is 5.09 Å². The third kappa shape index (κ3) is 47.3. The van der Waals surface area contributed by atoms with Crippen molar-refractivity contribution in [3.05, 3.63) is 10.1 Å². The van der Waals surface area contributed by atoms with Gasteiger partial charge in [0.2, 0.25) is 0 Å². The molecule has 0 aromatic heterocycles. The van der Waals surface area contributed by atoms with Crippen molar-refractivity contribution in [1.82, 2.24) is 0 Å². The van der Waals surface area contributed by atoms with Crippen LogP contribution < -0.4 is 75.4 Å². The van der Waals surface area contributed by atoms with Crippen molar-refractivity contribution in [3.8, 4) is 0 Å². The van der Waals surface area contributed by atoms with Gasteiger partial charge in [-0.3, -0.25) is 0 Å². The van der Waals surface area contributed by atoms with Crippen LogP contribution in [-0.4, -0.2) is 10.3 Å². The summed E-state index contributed by atoms with van der Waals surface area (Å²) in [7, 11) is 0. The van der Waals surface area contributed by atoms with Crippen LogP contribution in [0.1, 0.15) is 0 Å². The predicted octanol–water partition coefficient (Wildman–Crippen LogP) is -6.34. The van der Waals surface area contributed by atoms with Crippen molar-refractivity contribution in [2.75, 3.05) is 0 Å². The molecule has 0 bridgehead atoms. The summed E-state index contributed by atoms with van der Waals surface area (Å²) in [4.78, 5) is 8.36. The van der Waals surface area contributed by atoms with Crippen molar-refractivity contribution in [3.63, 3.8) is 0 Å². The maximum absolute atomic E-state index is 8.36. The fourth-order valence-corrected chi connectivity index (χ4v) is 0. The van der Waals surface area contributed by atoms with Crippen LogP contribution in [0.5, 0.6) is 0 Å². The van der Waals surface area contributed by atoms with Gasteiger partial charge in [-0.05, 0) is 0 Å². The monoisotopic (exact) mass is 229 g/mol. The van der Waals surface area contributed by atoms with E-state index in [1.165, 1.54) is 0 Å². The molecule has 6 heavy (non-hydrogen) atoms. The first kappa shape index (κ1) is 15.6. The molecule has 6 heteroatoms. The average Bonchev–Trinajstić information content (AvgIpc) is 0.811. The Morgan fingerprint density at radius 3 is 1.67 bits per heavy atom. The first-order valence-corrected chi connectivity index (χ1v) is 0.565. The van der Waals surface area contributed by atoms with E-state index in [4.69, 9.17) is 15.3 Å². The van der Waals surface area contributed by atoms with Gasteiger partial charge >= 0.3 is 51.4 Å². The van der Waals surface area contributed by atoms with E-state index in [1.54, 1.807) is 0 Å². The minimum Gasteiger partial charge on any atom is -1.00 e. The van der Waals surface area contributed by atoms with Gasteiger partial charge < -0.3 is 29.2 Å². The number of rotatable bonds is 0. The quantitative estimate of drug-likeness (QED) is 0.194. The van der Waals surface area contributed by atoms with E-state index < -0.39 is 5.09 Å². The topological polar surface area (TPSA) is 63.4 Å². The molecule has 32 valence electrons. The van der Waals surface area contributed by atoms with Gasteiger partial charge in [-0.15, -0.1) is 10.1 Å². The van der Waals surface area contributed by atoms with Gasteiger partial charge in [0.15, 0.2) is 0 Å². The largest absolute Gasteiger partial charge is 1.00 e. The molecule has 0 aliphatic heterocycles. The summed E-state index contributed by atoms with van der Waals surface area (Å²) in [6.45, 7) is 0. The van der Waals surface area contributed by atoms with Crippen LogP contribution >= 0.6 is 0 Å². The van der Waals surface area contributed by atoms with E-state index in [1.807, 2.05) is 0 Å². The molecule has 4 nitrogen and oxygen atoms in total. The van der Waals surface area contributed by atoms with Gasteiger partial charge in [0, 0.05) is 0 Å². The Hall–Kier alpha value is 1.57. The molecule has 0 atom stereocenters. The molecule has 0 aromatic carbocycles. The molecule has 0 saturated carbocycles. The van der Waals surface area contributed by atoms with E-state index in [9.17, 15) is 0 Å². The Morgan fingerprint density at radius 1 is 1.67 bits per heavy atom. The summed E-state index contributed by atoms with van der Waals surface area (Å²) >= 11 is 0. The maximum Gasteiger partial charge on any atom is 1.00 e. The third-order valence-electron chi connectivity index (χ3n) is 0. The molecule has 0 unspecified atom stereocenters. The van der Waals surface area contributed by atoms with Crippen molar-refractivity contribution in [1.29, 1.82) is 0 Å². The van der Waals surface area contributed by atoms with Crippen molar-refractivity contribution in [2.45, 2.75) is 0 Å². The number of nitrogens with zero attached hydrogens (tertiary/aromatic N) is 1. The van der Waals surface area contributed by atoms with E-state index >= 15 is 0 Å². The van der Waals surface area contributed by atoms with Crippen LogP contribution in [0, 0.1) is 10.1 Å². The summed E-state index contributed by atoms with van der Waals surface area (Å²) < 4.78 is 0. The molecule has 0 amide bonds. The van der Waals surface area contributed by atoms with Gasteiger partial charge in [-0.1, -0.05) is 0 Å². The first-order chi connectivity index (χ1) is 1.73. The first-order valence-electron chi connectivity index (χ1n) is 0.565. The number of hydrogen-bond donors (Lipinski definition) is 1. The third-order valence-corrected chi connectivity index (χ3v) is 0. The SMILES string of the molecule is O=[N+]([O-])O.[I-].[K+]. The van der Waals surface area contributed by atoms with Crippen LogP contribution in [0.4, 0.5) is 0 Å². The fourth-order valence-electron chi connectivity index (χ4n) is 0. The predicted molar refractivity (Wildman–Crippen MR) is 8.78 cm³/mol. The molecule has 1 N–H and O–H groups in total. The zero-order chi connectivity index (χ0) is 3.58. The zero-order valence-electron chi connectivity index (χ0n) is 3.09. The summed E-state index contributed by atoms with van der Waals surface area (Å²) in [6.07, 6.45) is 0. The van der Waals surface area contributed by atoms with Crippen LogP contribution in [-0.2, 0) is 0 Å². The fraction of sp³-hybridized carbons (Fsp3) is 0. The molecule has 0 fully saturated rings. The van der Waals surface area contributed by atoms with Crippen molar-refractivity contribution < 1.29 is 85.7 Å². The summed E-state index contributed by atoms with van der Waals surface area (Å²) in [6, 6.07) is 0. The summed E-state index contributed by atoms with van der Waals surface area (Å²) in [5, 5.41) is 13.6. The zero-order valence-corrected chi connectivity index (χ0v) is 8.37. The Bertz CT molecular complexity index is 33.8. The second kappa shape index (κ2) is 9.76. The molecule has 0 saturated heterocycles. The average molecular weight is 229 g/mol. The normalized spacial score (nSPS) is 4.00. The standard InChI is InChI=1S/HI.K.HNO3/c;;2-1(3)4/h1H;;(H,2,3,4)/q;+1;/p-1. The van der Waals surface area contributed by atoms with Gasteiger partial charge in [-0.25, -0.2) is 0 Å². The van der Waals surface area contributed by atoms with Gasteiger partial charge in [0.05, 0.1) is 0 Å². The van der Waals surface area contributed by atoms with Gasteiger partial charge in [-0.2, -0.15) is 0 Å². The molecule has 0 heterocycles. The Balaban J connectivity index is -0.0000000450. The minimum absolute atomic E-state index is 0. The second-order valence-electron chi connectivity index (χ2n) is 0.238. The molecule has 0 radical (unpaired) electrons. The molecule has 0 aromatic rings. The van der Waals surface area contributed by atoms with Crippen molar-refractivity contribution in [2.24, 2.45) is 0 Å². The van der Waals surface area contributed by atoms with E-state index in [2.05, 4.69) is 0 Å². The second-order valence-corrected chi connectivity index (χ2v) is 0.238. The smallest absolute Gasteiger partial charge is 1.00 e. The number of hydrogen-bond acceptors (Lipinski definition) is 2. The van der Waals surface area contributed by atoms with Crippen LogP contribution in [0.2, 0.25) is 0 Å². The molecule has 0 aliphatic rings. The maximum atomic E-state index is 8.36. The molecular formula is HIKNO3. The Morgan fingerprint density at radius 2 is 1.67 bits per heavy atom.